The van der Waals surface area contributed by atoms with Gasteiger partial charge in [0, 0.05) is 91.9 Å². The summed E-state index contributed by atoms with van der Waals surface area (Å²) in [6.07, 6.45) is 4.71. The number of hydrogen-bond donors (Lipinski definition) is 4. The first-order chi connectivity index (χ1) is 36.0. The molecule has 5 heterocycles. The molecule has 20 heteroatoms. The molecule has 4 atom stereocenters. The molecular formula is C55H61ClF4N8O7. The van der Waals surface area contributed by atoms with Crippen molar-refractivity contribution in [1.82, 2.24) is 30.2 Å². The number of ether oxygens (including phenoxy) is 2. The Morgan fingerprint density at radius 3 is 2.36 bits per heavy atom. The number of aliphatic hydroxyl groups excluding tert-OH is 1. The van der Waals surface area contributed by atoms with E-state index in [9.17, 15) is 24.3 Å². The van der Waals surface area contributed by atoms with Crippen molar-refractivity contribution < 1.29 is 51.3 Å². The number of urea groups is 1. The summed E-state index contributed by atoms with van der Waals surface area (Å²) in [7, 11) is 1.55. The number of nitrogens with zero attached hydrogens (tertiary/aromatic N) is 5. The first kappa shape index (κ1) is 52.2. The third kappa shape index (κ3) is 9.58. The van der Waals surface area contributed by atoms with Gasteiger partial charge >= 0.3 is 6.03 Å². The summed E-state index contributed by atoms with van der Waals surface area (Å²) < 4.78 is 78.4. The van der Waals surface area contributed by atoms with Crippen LogP contribution < -0.4 is 30.7 Å². The summed E-state index contributed by atoms with van der Waals surface area (Å²) >= 11 is 6.73. The number of aryl methyl sites for hydroxylation is 1. The maximum atomic E-state index is 16.5. The molecule has 5 amide bonds. The number of nitrogens with one attached hydrogen (secondary N) is 2. The average Bonchev–Trinajstić information content (AvgIpc) is 3.89. The van der Waals surface area contributed by atoms with Crippen LogP contribution in [0.15, 0.2) is 54.6 Å². The smallest absolute Gasteiger partial charge is 0.329 e. The monoisotopic (exact) mass is 1060 g/mol. The number of aromatic nitrogens is 2. The molecule has 1 aromatic heterocycles. The summed E-state index contributed by atoms with van der Waals surface area (Å²) in [5.41, 5.74) is 5.22. The fourth-order valence-corrected chi connectivity index (χ4v) is 12.8. The molecule has 75 heavy (non-hydrogen) atoms. The maximum Gasteiger partial charge on any atom is 0.329 e. The highest BCUT2D eigenvalue weighted by Gasteiger charge is 2.51. The molecular weight excluding hydrogens is 996 g/mol. The van der Waals surface area contributed by atoms with Crippen molar-refractivity contribution in [2.24, 2.45) is 24.6 Å². The van der Waals surface area contributed by atoms with E-state index in [1.807, 2.05) is 42.2 Å². The highest BCUT2D eigenvalue weighted by Crippen LogP contribution is 2.57. The lowest BCUT2D eigenvalue weighted by Crippen LogP contribution is -2.55. The van der Waals surface area contributed by atoms with Gasteiger partial charge in [0.2, 0.25) is 17.7 Å². The first-order valence-electron chi connectivity index (χ1n) is 25.8. The van der Waals surface area contributed by atoms with Gasteiger partial charge in [0.15, 0.2) is 28.8 Å². The number of halogens is 5. The highest BCUT2D eigenvalue weighted by molar-refractivity contribution is 6.34. The summed E-state index contributed by atoms with van der Waals surface area (Å²) in [5, 5.41) is 19.5. The molecule has 4 fully saturated rings. The second kappa shape index (κ2) is 21.0. The van der Waals surface area contributed by atoms with E-state index in [2.05, 4.69) is 27.6 Å². The molecule has 1 aliphatic carbocycles. The average molecular weight is 1060 g/mol. The van der Waals surface area contributed by atoms with Crippen LogP contribution in [0.5, 0.6) is 11.5 Å². The van der Waals surface area contributed by atoms with Crippen molar-refractivity contribution in [2.45, 2.75) is 94.7 Å². The van der Waals surface area contributed by atoms with Gasteiger partial charge in [-0.05, 0) is 93.6 Å². The van der Waals surface area contributed by atoms with Gasteiger partial charge in [0.1, 0.15) is 29.5 Å². The molecule has 4 aromatic carbocycles. The number of carbonyl (C=O) groups excluding carboxylic acids is 4. The van der Waals surface area contributed by atoms with Crippen LogP contribution >= 0.6 is 11.6 Å². The maximum absolute atomic E-state index is 16.5. The number of likely N-dealkylation sites (tertiary alicyclic amines) is 2. The van der Waals surface area contributed by atoms with Gasteiger partial charge in [-0.2, -0.15) is 5.10 Å². The number of fused-ring (bicyclic) bond motifs is 2. The lowest BCUT2D eigenvalue weighted by Gasteiger charge is -2.45. The second-order valence-electron chi connectivity index (χ2n) is 20.9. The summed E-state index contributed by atoms with van der Waals surface area (Å²) in [4.78, 5) is 57.1. The van der Waals surface area contributed by atoms with E-state index in [1.54, 1.807) is 7.05 Å². The van der Waals surface area contributed by atoms with E-state index in [1.165, 1.54) is 33.8 Å². The Kier molecular flexibility index (Phi) is 14.6. The van der Waals surface area contributed by atoms with Crippen LogP contribution in [0.25, 0.3) is 22.0 Å². The molecule has 3 saturated heterocycles. The van der Waals surface area contributed by atoms with Gasteiger partial charge in [-0.25, -0.2) is 22.4 Å². The predicted molar refractivity (Wildman–Crippen MR) is 273 cm³/mol. The van der Waals surface area contributed by atoms with Crippen molar-refractivity contribution in [1.29, 1.82) is 0 Å². The normalized spacial score (nSPS) is 24.6. The number of imide groups is 1. The summed E-state index contributed by atoms with van der Waals surface area (Å²) in [6, 6.07) is 13.8. The Bertz CT molecular complexity index is 3060. The van der Waals surface area contributed by atoms with Crippen molar-refractivity contribution in [3.05, 3.63) is 105 Å². The summed E-state index contributed by atoms with van der Waals surface area (Å²) in [5.74, 6) is -5.49. The third-order valence-electron chi connectivity index (χ3n) is 16.4. The molecule has 5 N–H and O–H groups in total. The second-order valence-corrected chi connectivity index (χ2v) is 21.3. The zero-order valence-electron chi connectivity index (χ0n) is 42.1. The van der Waals surface area contributed by atoms with E-state index in [0.717, 1.165) is 12.0 Å². The van der Waals surface area contributed by atoms with Crippen molar-refractivity contribution in [2.75, 3.05) is 57.4 Å². The molecule has 0 spiro atoms. The van der Waals surface area contributed by atoms with Crippen LogP contribution in [0.1, 0.15) is 104 Å². The molecule has 0 bridgehead atoms. The SMILES string of the molecule is CC1CC(N2CCC(c3c(F)cc4c(N5CCC(=O)NC5=O)nn(C)c4c3F)CC2)CN(C(=O)C2CCC(NCC3(c4ccccc4)Oc4cc(F)c(Cl)c(-c5c(C(N)=O)ccc(OCCO)c5F)c4C3C)CC2)C1. The molecule has 1 saturated carbocycles. The van der Waals surface area contributed by atoms with Crippen LogP contribution in [0.2, 0.25) is 5.02 Å². The molecule has 15 nitrogen and oxygen atoms in total. The molecule has 5 aromatic rings. The first-order valence-corrected chi connectivity index (χ1v) is 26.2. The number of carbonyl (C=O) groups is 4. The lowest BCUT2D eigenvalue weighted by atomic mass is 9.77. The van der Waals surface area contributed by atoms with Crippen LogP contribution in [0.3, 0.4) is 0 Å². The number of nitrogens with two attached hydrogens (primary N) is 1. The van der Waals surface area contributed by atoms with E-state index >= 15 is 17.6 Å². The van der Waals surface area contributed by atoms with Crippen LogP contribution in [0.4, 0.5) is 28.2 Å². The molecule has 4 unspecified atom stereocenters. The zero-order chi connectivity index (χ0) is 53.0. The van der Waals surface area contributed by atoms with Crippen molar-refractivity contribution in [3.8, 4) is 22.6 Å². The van der Waals surface area contributed by atoms with Gasteiger partial charge in [-0.3, -0.25) is 34.2 Å². The zero-order valence-corrected chi connectivity index (χ0v) is 42.8. The van der Waals surface area contributed by atoms with Gasteiger partial charge in [-0.1, -0.05) is 55.8 Å². The topological polar surface area (TPSA) is 185 Å². The van der Waals surface area contributed by atoms with E-state index < -0.39 is 64.3 Å². The van der Waals surface area contributed by atoms with E-state index in [4.69, 9.17) is 26.8 Å². The number of rotatable bonds is 13. The minimum absolute atomic E-state index is 0.000897. The minimum atomic E-state index is -1.15. The van der Waals surface area contributed by atoms with Crippen LogP contribution in [0, 0.1) is 35.1 Å². The number of benzene rings is 4. The van der Waals surface area contributed by atoms with Crippen molar-refractivity contribution >= 4 is 52.1 Å². The standard InChI is InChI=1S/C55H61ClF4N8O7/c1-29-23-35(66-18-15-31(16-19-66)44-38(57)24-37-50(49(44)60)65(3)64-52(37)68-20-17-42(70)63-54(68)73)27-67(26-29)53(72)32-9-11-34(12-10-32)62-28-55(33-7-5-4-6-8-33)30(2)43-41(75-55)25-39(58)47(56)46(43)45-36(51(61)71)13-14-40(48(45)59)74-22-21-69/h4-8,13-14,24-25,29-32,34-35,62,69H,9-12,15-23,26-28H2,1-3H3,(H2,61,71)(H,63,70,73). The van der Waals surface area contributed by atoms with Crippen molar-refractivity contribution in [3.63, 3.8) is 0 Å². The Morgan fingerprint density at radius 1 is 0.933 bits per heavy atom. The Hall–Kier alpha value is -6.28. The van der Waals surface area contributed by atoms with Gasteiger partial charge in [0.25, 0.3) is 0 Å². The number of hydrogen-bond acceptors (Lipinski definition) is 10. The fraction of sp³-hybridized carbons (Fsp3) is 0.473. The van der Waals surface area contributed by atoms with Gasteiger partial charge < -0.3 is 30.5 Å². The van der Waals surface area contributed by atoms with Gasteiger partial charge in [0.05, 0.1) is 22.6 Å². The Labute approximate surface area is 436 Å². The van der Waals surface area contributed by atoms with Crippen LogP contribution in [-0.4, -0.2) is 113 Å². The molecule has 0 radical (unpaired) electrons. The minimum Gasteiger partial charge on any atom is -0.488 e. The number of primary amides is 1. The molecule has 10 rings (SSSR count). The third-order valence-corrected chi connectivity index (χ3v) is 16.7. The predicted octanol–water partition coefficient (Wildman–Crippen LogP) is 8.02. The Morgan fingerprint density at radius 2 is 1.67 bits per heavy atom. The fourth-order valence-electron chi connectivity index (χ4n) is 12.6. The molecule has 5 aliphatic rings. The number of anilines is 1. The molecule has 4 aliphatic heterocycles. The molecule has 398 valence electrons. The quantitative estimate of drug-likeness (QED) is 0.0843. The van der Waals surface area contributed by atoms with E-state index in [0.29, 0.717) is 70.3 Å². The van der Waals surface area contributed by atoms with E-state index in [-0.39, 0.29) is 112 Å². The summed E-state index contributed by atoms with van der Waals surface area (Å²) in [6.45, 7) is 6.15. The van der Waals surface area contributed by atoms with Gasteiger partial charge in [-0.15, -0.1) is 0 Å². The number of piperidine rings is 2. The number of amides is 5. The number of aliphatic hydroxyl groups is 1. The largest absolute Gasteiger partial charge is 0.488 e. The van der Waals surface area contributed by atoms with Crippen LogP contribution in [-0.2, 0) is 22.2 Å². The Balaban J connectivity index is 0.795. The highest BCUT2D eigenvalue weighted by atomic mass is 35.5. The lowest BCUT2D eigenvalue weighted by molar-refractivity contribution is -0.140.